The Balaban J connectivity index is 1.83. The van der Waals surface area contributed by atoms with E-state index in [1.54, 1.807) is 44.6 Å². The molecular formula is C22H28N2O5. The SMILES string of the molecule is CCCCCOc1ccc(/C=N/NC(=O)COc2cccc(OC)c2)cc1OC. The van der Waals surface area contributed by atoms with Gasteiger partial charge in [0.1, 0.15) is 11.5 Å². The number of rotatable bonds is 12. The highest BCUT2D eigenvalue weighted by atomic mass is 16.5. The summed E-state index contributed by atoms with van der Waals surface area (Å²) in [6, 6.07) is 12.5. The van der Waals surface area contributed by atoms with Gasteiger partial charge in [0, 0.05) is 6.07 Å². The van der Waals surface area contributed by atoms with E-state index in [4.69, 9.17) is 18.9 Å². The smallest absolute Gasteiger partial charge is 0.277 e. The lowest BCUT2D eigenvalue weighted by Gasteiger charge is -2.11. The van der Waals surface area contributed by atoms with E-state index in [-0.39, 0.29) is 12.5 Å². The summed E-state index contributed by atoms with van der Waals surface area (Å²) in [6.45, 7) is 2.65. The zero-order chi connectivity index (χ0) is 20.9. The van der Waals surface area contributed by atoms with Crippen LogP contribution < -0.4 is 24.4 Å². The number of carbonyl (C=O) groups is 1. The topological polar surface area (TPSA) is 78.4 Å². The van der Waals surface area contributed by atoms with Crippen molar-refractivity contribution in [2.75, 3.05) is 27.4 Å². The van der Waals surface area contributed by atoms with E-state index in [1.165, 1.54) is 6.21 Å². The molecular weight excluding hydrogens is 372 g/mol. The molecule has 0 heterocycles. The fourth-order valence-electron chi connectivity index (χ4n) is 2.47. The molecule has 0 saturated heterocycles. The normalized spacial score (nSPS) is 10.6. The summed E-state index contributed by atoms with van der Waals surface area (Å²) in [5, 5.41) is 3.95. The number of benzene rings is 2. The Morgan fingerprint density at radius 2 is 1.83 bits per heavy atom. The lowest BCUT2D eigenvalue weighted by Crippen LogP contribution is -2.24. The standard InChI is InChI=1S/C22H28N2O5/c1-4-5-6-12-28-20-11-10-17(13-21(20)27-3)15-23-24-22(25)16-29-19-9-7-8-18(14-19)26-2/h7-11,13-15H,4-6,12,16H2,1-3H3,(H,24,25)/b23-15+. The highest BCUT2D eigenvalue weighted by molar-refractivity contribution is 5.83. The van der Waals surface area contributed by atoms with Crippen LogP contribution in [-0.4, -0.2) is 39.6 Å². The van der Waals surface area contributed by atoms with Crippen LogP contribution in [0, 0.1) is 0 Å². The second-order valence-electron chi connectivity index (χ2n) is 6.23. The van der Waals surface area contributed by atoms with Crippen molar-refractivity contribution in [1.29, 1.82) is 0 Å². The molecule has 2 rings (SSSR count). The number of methoxy groups -OCH3 is 2. The summed E-state index contributed by atoms with van der Waals surface area (Å²) in [4.78, 5) is 11.9. The van der Waals surface area contributed by atoms with E-state index in [9.17, 15) is 4.79 Å². The molecule has 1 amide bonds. The number of carbonyl (C=O) groups excluding carboxylic acids is 1. The van der Waals surface area contributed by atoms with Crippen LogP contribution in [-0.2, 0) is 4.79 Å². The Morgan fingerprint density at radius 1 is 1.00 bits per heavy atom. The molecule has 156 valence electrons. The molecule has 1 N–H and O–H groups in total. The van der Waals surface area contributed by atoms with Crippen LogP contribution in [0.2, 0.25) is 0 Å². The molecule has 0 unspecified atom stereocenters. The van der Waals surface area contributed by atoms with Gasteiger partial charge in [0.15, 0.2) is 18.1 Å². The fraction of sp³-hybridized carbons (Fsp3) is 0.364. The first-order valence-corrected chi connectivity index (χ1v) is 9.56. The molecule has 0 aliphatic rings. The van der Waals surface area contributed by atoms with Crippen LogP contribution in [0.15, 0.2) is 47.6 Å². The number of unbranched alkanes of at least 4 members (excludes halogenated alkanes) is 2. The van der Waals surface area contributed by atoms with Crippen molar-refractivity contribution in [3.8, 4) is 23.0 Å². The van der Waals surface area contributed by atoms with E-state index in [2.05, 4.69) is 17.5 Å². The molecule has 0 spiro atoms. The Bertz CT molecular complexity index is 808. The molecule has 0 saturated carbocycles. The molecule has 7 heteroatoms. The average Bonchev–Trinajstić information content (AvgIpc) is 2.76. The van der Waals surface area contributed by atoms with Gasteiger partial charge >= 0.3 is 0 Å². The van der Waals surface area contributed by atoms with Gasteiger partial charge < -0.3 is 18.9 Å². The molecule has 0 radical (unpaired) electrons. The quantitative estimate of drug-likeness (QED) is 0.333. The second kappa shape index (κ2) is 12.3. The molecule has 0 fully saturated rings. The summed E-state index contributed by atoms with van der Waals surface area (Å²) in [5.41, 5.74) is 3.21. The number of ether oxygens (including phenoxy) is 4. The van der Waals surface area contributed by atoms with Crippen molar-refractivity contribution in [2.45, 2.75) is 26.2 Å². The van der Waals surface area contributed by atoms with Gasteiger partial charge in [0.2, 0.25) is 0 Å². The third kappa shape index (κ3) is 7.73. The van der Waals surface area contributed by atoms with Gasteiger partial charge in [0.05, 0.1) is 27.0 Å². The average molecular weight is 400 g/mol. The van der Waals surface area contributed by atoms with Crippen molar-refractivity contribution in [1.82, 2.24) is 5.43 Å². The minimum atomic E-state index is -0.369. The largest absolute Gasteiger partial charge is 0.497 e. The van der Waals surface area contributed by atoms with Gasteiger partial charge in [0.25, 0.3) is 5.91 Å². The van der Waals surface area contributed by atoms with Crippen LogP contribution in [0.1, 0.15) is 31.7 Å². The molecule has 0 atom stereocenters. The fourth-order valence-corrected chi connectivity index (χ4v) is 2.47. The highest BCUT2D eigenvalue weighted by Gasteiger charge is 2.06. The minimum Gasteiger partial charge on any atom is -0.497 e. The number of nitrogens with one attached hydrogen (secondary N) is 1. The molecule has 7 nitrogen and oxygen atoms in total. The molecule has 29 heavy (non-hydrogen) atoms. The summed E-state index contributed by atoms with van der Waals surface area (Å²) < 4.78 is 21.7. The number of hydrogen-bond acceptors (Lipinski definition) is 6. The summed E-state index contributed by atoms with van der Waals surface area (Å²) in [6.07, 6.45) is 4.82. The Hall–Kier alpha value is -3.22. The molecule has 2 aromatic rings. The zero-order valence-electron chi connectivity index (χ0n) is 17.1. The monoisotopic (exact) mass is 400 g/mol. The van der Waals surface area contributed by atoms with E-state index in [0.717, 1.165) is 24.8 Å². The van der Waals surface area contributed by atoms with Crippen LogP contribution in [0.3, 0.4) is 0 Å². The summed E-state index contributed by atoms with van der Waals surface area (Å²) in [5.74, 6) is 2.15. The van der Waals surface area contributed by atoms with Crippen molar-refractivity contribution in [2.24, 2.45) is 5.10 Å². The van der Waals surface area contributed by atoms with Crippen molar-refractivity contribution in [3.63, 3.8) is 0 Å². The molecule has 0 aromatic heterocycles. The first kappa shape index (κ1) is 22.1. The van der Waals surface area contributed by atoms with E-state index in [1.807, 2.05) is 12.1 Å². The van der Waals surface area contributed by atoms with E-state index in [0.29, 0.717) is 29.6 Å². The van der Waals surface area contributed by atoms with Crippen LogP contribution in [0.5, 0.6) is 23.0 Å². The lowest BCUT2D eigenvalue weighted by atomic mass is 10.2. The van der Waals surface area contributed by atoms with E-state index >= 15 is 0 Å². The van der Waals surface area contributed by atoms with Gasteiger partial charge in [-0.2, -0.15) is 5.10 Å². The van der Waals surface area contributed by atoms with Gasteiger partial charge in [-0.05, 0) is 42.3 Å². The summed E-state index contributed by atoms with van der Waals surface area (Å²) in [7, 11) is 3.16. The number of hydrazone groups is 1. The van der Waals surface area contributed by atoms with Crippen LogP contribution >= 0.6 is 0 Å². The lowest BCUT2D eigenvalue weighted by molar-refractivity contribution is -0.123. The third-order valence-electron chi connectivity index (χ3n) is 4.01. The highest BCUT2D eigenvalue weighted by Crippen LogP contribution is 2.27. The number of nitrogens with zero attached hydrogens (tertiary/aromatic N) is 1. The van der Waals surface area contributed by atoms with Crippen LogP contribution in [0.4, 0.5) is 0 Å². The first-order chi connectivity index (χ1) is 14.2. The molecule has 0 bridgehead atoms. The van der Waals surface area contributed by atoms with Crippen molar-refractivity contribution >= 4 is 12.1 Å². The van der Waals surface area contributed by atoms with Gasteiger partial charge in [-0.15, -0.1) is 0 Å². The Labute approximate surface area is 171 Å². The molecule has 0 aliphatic carbocycles. The maximum Gasteiger partial charge on any atom is 0.277 e. The van der Waals surface area contributed by atoms with Crippen molar-refractivity contribution in [3.05, 3.63) is 48.0 Å². The number of hydrogen-bond donors (Lipinski definition) is 1. The zero-order valence-corrected chi connectivity index (χ0v) is 17.1. The summed E-state index contributed by atoms with van der Waals surface area (Å²) >= 11 is 0. The predicted octanol–water partition coefficient (Wildman–Crippen LogP) is 3.80. The Kier molecular flexibility index (Phi) is 9.35. The maximum absolute atomic E-state index is 11.9. The molecule has 0 aliphatic heterocycles. The van der Waals surface area contributed by atoms with Gasteiger partial charge in [-0.25, -0.2) is 5.43 Å². The van der Waals surface area contributed by atoms with Crippen LogP contribution in [0.25, 0.3) is 0 Å². The molecule has 2 aromatic carbocycles. The predicted molar refractivity (Wildman–Crippen MR) is 112 cm³/mol. The minimum absolute atomic E-state index is 0.154. The van der Waals surface area contributed by atoms with E-state index < -0.39 is 0 Å². The van der Waals surface area contributed by atoms with Gasteiger partial charge in [-0.3, -0.25) is 4.79 Å². The maximum atomic E-state index is 11.9. The Morgan fingerprint density at radius 3 is 2.59 bits per heavy atom. The third-order valence-corrected chi connectivity index (χ3v) is 4.01. The first-order valence-electron chi connectivity index (χ1n) is 9.56. The van der Waals surface area contributed by atoms with Gasteiger partial charge in [-0.1, -0.05) is 25.8 Å². The van der Waals surface area contributed by atoms with Crippen molar-refractivity contribution < 1.29 is 23.7 Å². The second-order valence-corrected chi connectivity index (χ2v) is 6.23. The number of amides is 1.